The summed E-state index contributed by atoms with van der Waals surface area (Å²) >= 11 is 1.33. The van der Waals surface area contributed by atoms with Crippen LogP contribution >= 0.6 is 11.3 Å². The first-order chi connectivity index (χ1) is 15.9. The molecular weight excluding hydrogens is 458 g/mol. The van der Waals surface area contributed by atoms with Gasteiger partial charge in [-0.2, -0.15) is 4.31 Å². The number of hydrogen-bond acceptors (Lipinski definition) is 6. The third-order valence-electron chi connectivity index (χ3n) is 5.88. The average Bonchev–Trinajstić information content (AvgIpc) is 3.32. The lowest BCUT2D eigenvalue weighted by atomic mass is 10.0. The quantitative estimate of drug-likeness (QED) is 0.507. The molecule has 1 N–H and O–H groups in total. The molecule has 33 heavy (non-hydrogen) atoms. The van der Waals surface area contributed by atoms with Crippen molar-refractivity contribution in [3.8, 4) is 17.0 Å². The van der Waals surface area contributed by atoms with Crippen LogP contribution in [0.3, 0.4) is 0 Å². The van der Waals surface area contributed by atoms with E-state index in [1.165, 1.54) is 23.5 Å². The molecule has 1 atom stereocenters. The van der Waals surface area contributed by atoms with E-state index in [-0.39, 0.29) is 16.8 Å². The van der Waals surface area contributed by atoms with E-state index < -0.39 is 10.0 Å². The monoisotopic (exact) mass is 485 g/mol. The van der Waals surface area contributed by atoms with Gasteiger partial charge in [-0.15, -0.1) is 11.3 Å². The molecule has 9 heteroatoms. The Labute approximate surface area is 198 Å². The van der Waals surface area contributed by atoms with Crippen LogP contribution < -0.4 is 10.1 Å². The molecule has 1 unspecified atom stereocenters. The number of nitrogens with one attached hydrogen (secondary N) is 1. The number of anilines is 1. The van der Waals surface area contributed by atoms with E-state index in [1.807, 2.05) is 36.6 Å². The highest BCUT2D eigenvalue weighted by Crippen LogP contribution is 2.28. The largest absolute Gasteiger partial charge is 0.497 e. The Balaban J connectivity index is 1.45. The Morgan fingerprint density at radius 3 is 2.55 bits per heavy atom. The molecule has 1 aliphatic heterocycles. The lowest BCUT2D eigenvalue weighted by molar-refractivity contribution is 0.102. The highest BCUT2D eigenvalue weighted by Gasteiger charge is 2.32. The summed E-state index contributed by atoms with van der Waals surface area (Å²) in [5, 5.41) is 5.14. The van der Waals surface area contributed by atoms with Gasteiger partial charge in [0.15, 0.2) is 5.13 Å². The molecule has 1 fully saturated rings. The zero-order valence-electron chi connectivity index (χ0n) is 18.7. The second-order valence-electron chi connectivity index (χ2n) is 7.92. The zero-order valence-corrected chi connectivity index (χ0v) is 20.3. The summed E-state index contributed by atoms with van der Waals surface area (Å²) in [6.07, 6.45) is 3.62. The number of amides is 1. The van der Waals surface area contributed by atoms with Gasteiger partial charge in [0.05, 0.1) is 17.7 Å². The predicted octanol–water partition coefficient (Wildman–Crippen LogP) is 5.02. The molecule has 0 bridgehead atoms. The fourth-order valence-corrected chi connectivity index (χ4v) is 6.49. The lowest BCUT2D eigenvalue weighted by Crippen LogP contribution is -2.43. The number of carbonyl (C=O) groups excluding carboxylic acids is 1. The van der Waals surface area contributed by atoms with Crippen molar-refractivity contribution in [3.63, 3.8) is 0 Å². The maximum Gasteiger partial charge on any atom is 0.257 e. The van der Waals surface area contributed by atoms with Crippen molar-refractivity contribution in [2.45, 2.75) is 43.5 Å². The summed E-state index contributed by atoms with van der Waals surface area (Å²) in [4.78, 5) is 17.4. The number of benzene rings is 2. The van der Waals surface area contributed by atoms with Crippen molar-refractivity contribution in [1.29, 1.82) is 0 Å². The van der Waals surface area contributed by atoms with Gasteiger partial charge < -0.3 is 4.74 Å². The number of sulfonamides is 1. The Morgan fingerprint density at radius 2 is 1.88 bits per heavy atom. The van der Waals surface area contributed by atoms with Crippen molar-refractivity contribution in [2.24, 2.45) is 0 Å². The van der Waals surface area contributed by atoms with Crippen LogP contribution in [0.1, 0.15) is 43.0 Å². The Hall–Kier alpha value is -2.75. The third-order valence-corrected chi connectivity index (χ3v) is 8.60. The lowest BCUT2D eigenvalue weighted by Gasteiger charge is -2.34. The maximum atomic E-state index is 13.1. The van der Waals surface area contributed by atoms with Gasteiger partial charge in [0, 0.05) is 29.1 Å². The average molecular weight is 486 g/mol. The molecule has 0 radical (unpaired) electrons. The van der Waals surface area contributed by atoms with Crippen molar-refractivity contribution in [3.05, 3.63) is 59.5 Å². The summed E-state index contributed by atoms with van der Waals surface area (Å²) < 4.78 is 33.0. The molecular formula is C24H27N3O4S2. The summed E-state index contributed by atoms with van der Waals surface area (Å²) in [5.41, 5.74) is 2.05. The van der Waals surface area contributed by atoms with Gasteiger partial charge in [-0.25, -0.2) is 13.4 Å². The van der Waals surface area contributed by atoms with E-state index in [1.54, 1.807) is 23.5 Å². The van der Waals surface area contributed by atoms with E-state index in [2.05, 4.69) is 10.3 Å². The standard InChI is InChI=1S/C24H27N3O4S2/c1-3-19-6-4-5-15-27(19)33(29,30)21-13-9-18(10-14-21)23(28)26-24-25-22(16-32-24)17-7-11-20(31-2)12-8-17/h7-14,16,19H,3-6,15H2,1-2H3,(H,25,26,28). The van der Waals surface area contributed by atoms with Crippen molar-refractivity contribution in [2.75, 3.05) is 19.0 Å². The van der Waals surface area contributed by atoms with Gasteiger partial charge in [0.2, 0.25) is 10.0 Å². The summed E-state index contributed by atoms with van der Waals surface area (Å²) in [6.45, 7) is 2.56. The molecule has 0 spiro atoms. The maximum absolute atomic E-state index is 13.1. The number of piperidine rings is 1. The topological polar surface area (TPSA) is 88.6 Å². The van der Waals surface area contributed by atoms with Crippen LogP contribution in [0, 0.1) is 0 Å². The Kier molecular flexibility index (Phi) is 7.11. The van der Waals surface area contributed by atoms with Crippen LogP contribution in [-0.4, -0.2) is 43.3 Å². The van der Waals surface area contributed by atoms with E-state index in [9.17, 15) is 13.2 Å². The molecule has 0 aliphatic carbocycles. The second kappa shape index (κ2) is 10.0. The normalized spacial score (nSPS) is 17.0. The fraction of sp³-hybridized carbons (Fsp3) is 0.333. The van der Waals surface area contributed by atoms with Gasteiger partial charge in [-0.1, -0.05) is 13.3 Å². The second-order valence-corrected chi connectivity index (χ2v) is 10.7. The van der Waals surface area contributed by atoms with Gasteiger partial charge in [0.1, 0.15) is 5.75 Å². The molecule has 7 nitrogen and oxygen atoms in total. The molecule has 4 rings (SSSR count). The molecule has 1 aromatic heterocycles. The van der Waals surface area contributed by atoms with Gasteiger partial charge in [0.25, 0.3) is 5.91 Å². The van der Waals surface area contributed by atoms with Crippen LogP contribution in [0.2, 0.25) is 0 Å². The molecule has 2 heterocycles. The Bertz CT molecular complexity index is 1210. The number of thiazole rings is 1. The minimum atomic E-state index is -3.57. The molecule has 3 aromatic rings. The molecule has 174 valence electrons. The number of rotatable bonds is 7. The Morgan fingerprint density at radius 1 is 1.15 bits per heavy atom. The third kappa shape index (κ3) is 5.10. The van der Waals surface area contributed by atoms with Gasteiger partial charge in [-0.05, 0) is 67.8 Å². The number of ether oxygens (including phenoxy) is 1. The fourth-order valence-electron chi connectivity index (χ4n) is 4.01. The van der Waals surface area contributed by atoms with E-state index in [0.29, 0.717) is 17.2 Å². The van der Waals surface area contributed by atoms with Crippen LogP contribution in [-0.2, 0) is 10.0 Å². The van der Waals surface area contributed by atoms with E-state index in [0.717, 1.165) is 42.7 Å². The molecule has 1 saturated heterocycles. The molecule has 1 amide bonds. The number of aromatic nitrogens is 1. The van der Waals surface area contributed by atoms with Crippen molar-refractivity contribution < 1.29 is 17.9 Å². The van der Waals surface area contributed by atoms with E-state index in [4.69, 9.17) is 4.74 Å². The first-order valence-electron chi connectivity index (χ1n) is 11.0. The first-order valence-corrected chi connectivity index (χ1v) is 13.3. The highest BCUT2D eigenvalue weighted by atomic mass is 32.2. The van der Waals surface area contributed by atoms with E-state index >= 15 is 0 Å². The van der Waals surface area contributed by atoms with Crippen LogP contribution in [0.25, 0.3) is 11.3 Å². The zero-order chi connectivity index (χ0) is 23.4. The van der Waals surface area contributed by atoms with Crippen LogP contribution in [0.15, 0.2) is 58.8 Å². The van der Waals surface area contributed by atoms with Crippen LogP contribution in [0.4, 0.5) is 5.13 Å². The van der Waals surface area contributed by atoms with Crippen molar-refractivity contribution in [1.82, 2.24) is 9.29 Å². The predicted molar refractivity (Wildman–Crippen MR) is 130 cm³/mol. The summed E-state index contributed by atoms with van der Waals surface area (Å²) in [7, 11) is -1.96. The minimum Gasteiger partial charge on any atom is -0.497 e. The molecule has 2 aromatic carbocycles. The van der Waals surface area contributed by atoms with Crippen molar-refractivity contribution >= 4 is 32.4 Å². The van der Waals surface area contributed by atoms with Gasteiger partial charge in [-0.3, -0.25) is 10.1 Å². The molecule has 1 aliphatic rings. The first kappa shape index (κ1) is 23.4. The van der Waals surface area contributed by atoms with Gasteiger partial charge >= 0.3 is 0 Å². The smallest absolute Gasteiger partial charge is 0.257 e. The number of carbonyl (C=O) groups is 1. The number of hydrogen-bond donors (Lipinski definition) is 1. The van der Waals surface area contributed by atoms with Crippen LogP contribution in [0.5, 0.6) is 5.75 Å². The number of nitrogens with zero attached hydrogens (tertiary/aromatic N) is 2. The summed E-state index contributed by atoms with van der Waals surface area (Å²) in [6, 6.07) is 13.7. The minimum absolute atomic E-state index is 0.0384. The highest BCUT2D eigenvalue weighted by molar-refractivity contribution is 7.89. The number of methoxy groups -OCH3 is 1. The molecule has 0 saturated carbocycles. The summed E-state index contributed by atoms with van der Waals surface area (Å²) in [5.74, 6) is 0.428. The SMILES string of the molecule is CCC1CCCCN1S(=O)(=O)c1ccc(C(=O)Nc2nc(-c3ccc(OC)cc3)cs2)cc1.